The third-order valence-electron chi connectivity index (χ3n) is 5.89. The lowest BCUT2D eigenvalue weighted by Crippen LogP contribution is -2.58. The van der Waals surface area contributed by atoms with E-state index in [1.807, 2.05) is 49.5 Å². The molecule has 2 aromatic rings. The number of ether oxygens (including phenoxy) is 1. The van der Waals surface area contributed by atoms with Crippen LogP contribution >= 0.6 is 0 Å². The summed E-state index contributed by atoms with van der Waals surface area (Å²) >= 11 is 0. The van der Waals surface area contributed by atoms with E-state index in [-0.39, 0.29) is 24.4 Å². The molecule has 6 nitrogen and oxygen atoms in total. The molecule has 0 heterocycles. The number of carbonyl (C=O) groups excluding carboxylic acids is 1. The lowest BCUT2D eigenvalue weighted by Gasteiger charge is -2.33. The first-order chi connectivity index (χ1) is 15.5. The minimum absolute atomic E-state index is 0.0588. The van der Waals surface area contributed by atoms with Gasteiger partial charge in [-0.3, -0.25) is 5.32 Å². The first-order valence-corrected chi connectivity index (χ1v) is 14.3. The first-order valence-electron chi connectivity index (χ1n) is 11.6. The predicted octanol–water partition coefficient (Wildman–Crippen LogP) is 5.52. The van der Waals surface area contributed by atoms with E-state index in [4.69, 9.17) is 9.16 Å². The third-order valence-corrected chi connectivity index (χ3v) is 6.76. The average molecular weight is 470 g/mol. The molecule has 2 N–H and O–H groups in total. The molecule has 3 rings (SSSR count). The van der Waals surface area contributed by atoms with E-state index in [0.29, 0.717) is 6.42 Å². The van der Waals surface area contributed by atoms with Crippen molar-refractivity contribution in [3.8, 4) is 11.1 Å². The number of rotatable bonds is 9. The molecule has 2 aromatic carbocycles. The van der Waals surface area contributed by atoms with Crippen LogP contribution in [0.3, 0.4) is 0 Å². The van der Waals surface area contributed by atoms with Crippen LogP contribution in [0.2, 0.25) is 13.1 Å². The number of benzene rings is 2. The van der Waals surface area contributed by atoms with Gasteiger partial charge in [0.2, 0.25) is 5.72 Å². The highest BCUT2D eigenvalue weighted by Gasteiger charge is 2.42. The maximum Gasteiger partial charge on any atom is 0.409 e. The van der Waals surface area contributed by atoms with Crippen LogP contribution in [0.5, 0.6) is 0 Å². The van der Waals surface area contributed by atoms with Gasteiger partial charge in [-0.25, -0.2) is 9.59 Å². The topological polar surface area (TPSA) is 84.9 Å². The van der Waals surface area contributed by atoms with Gasteiger partial charge in [-0.1, -0.05) is 69.3 Å². The molecule has 0 aliphatic heterocycles. The van der Waals surface area contributed by atoms with E-state index in [2.05, 4.69) is 38.2 Å². The van der Waals surface area contributed by atoms with Gasteiger partial charge in [0.1, 0.15) is 6.61 Å². The van der Waals surface area contributed by atoms with E-state index in [0.717, 1.165) is 28.7 Å². The Kier molecular flexibility index (Phi) is 7.64. The molecule has 0 spiro atoms. The van der Waals surface area contributed by atoms with Crippen LogP contribution in [-0.4, -0.2) is 38.5 Å². The number of amides is 1. The Morgan fingerprint density at radius 2 is 1.52 bits per heavy atom. The highest BCUT2D eigenvalue weighted by Crippen LogP contribution is 2.44. The number of carboxylic acid groups (broad SMARTS) is 1. The second kappa shape index (κ2) is 10.1. The van der Waals surface area contributed by atoms with Crippen LogP contribution in [-0.2, 0) is 14.0 Å². The molecule has 7 heteroatoms. The average Bonchev–Trinajstić information content (AvgIpc) is 3.04. The van der Waals surface area contributed by atoms with Crippen LogP contribution in [0.25, 0.3) is 11.1 Å². The zero-order chi connectivity index (χ0) is 24.2. The fraction of sp³-hybridized carbons (Fsp3) is 0.462. The summed E-state index contributed by atoms with van der Waals surface area (Å²) in [7, 11) is -1.78. The first kappa shape index (κ1) is 25.0. The van der Waals surface area contributed by atoms with Gasteiger partial charge >= 0.3 is 12.1 Å². The lowest BCUT2D eigenvalue weighted by atomic mass is 9.88. The minimum Gasteiger partial charge on any atom is -0.478 e. The van der Waals surface area contributed by atoms with E-state index in [1.54, 1.807) is 0 Å². The maximum atomic E-state index is 12.8. The molecule has 0 saturated carbocycles. The van der Waals surface area contributed by atoms with Crippen LogP contribution < -0.4 is 5.32 Å². The fourth-order valence-electron chi connectivity index (χ4n) is 4.43. The summed E-state index contributed by atoms with van der Waals surface area (Å²) in [5.41, 5.74) is 2.77. The SMILES string of the molecule is C[SiH](C)O[C@](CCCC(C)(C)C)(NC(=O)OCC1c2ccccc2-c2ccccc21)C(=O)O. The molecule has 0 saturated heterocycles. The summed E-state index contributed by atoms with van der Waals surface area (Å²) in [4.78, 5) is 25.1. The van der Waals surface area contributed by atoms with Crippen LogP contribution in [0, 0.1) is 5.41 Å². The Balaban J connectivity index is 1.73. The number of alkyl carbamates (subject to hydrolysis) is 1. The Morgan fingerprint density at radius 1 is 0.970 bits per heavy atom. The van der Waals surface area contributed by atoms with Gasteiger partial charge in [0.05, 0.1) is 0 Å². The van der Waals surface area contributed by atoms with Gasteiger partial charge in [-0.05, 0) is 53.6 Å². The molecule has 1 aliphatic carbocycles. The highest BCUT2D eigenvalue weighted by molar-refractivity contribution is 6.48. The van der Waals surface area contributed by atoms with E-state index < -0.39 is 26.8 Å². The molecule has 1 atom stereocenters. The van der Waals surface area contributed by atoms with Gasteiger partial charge in [0.15, 0.2) is 9.04 Å². The van der Waals surface area contributed by atoms with Crippen molar-refractivity contribution in [1.29, 1.82) is 0 Å². The predicted molar refractivity (Wildman–Crippen MR) is 132 cm³/mol. The van der Waals surface area contributed by atoms with Crippen molar-refractivity contribution in [2.45, 2.75) is 64.8 Å². The van der Waals surface area contributed by atoms with Crippen LogP contribution in [0.4, 0.5) is 4.79 Å². The summed E-state index contributed by atoms with van der Waals surface area (Å²) in [5, 5.41) is 12.6. The monoisotopic (exact) mass is 469 g/mol. The molecule has 0 radical (unpaired) electrons. The lowest BCUT2D eigenvalue weighted by molar-refractivity contribution is -0.159. The maximum absolute atomic E-state index is 12.8. The number of aliphatic carboxylic acids is 1. The van der Waals surface area contributed by atoms with Gasteiger partial charge in [-0.2, -0.15) is 0 Å². The summed E-state index contributed by atoms with van der Waals surface area (Å²) in [6.07, 6.45) is 0.845. The molecule has 178 valence electrons. The number of carboxylic acids is 1. The molecule has 0 bridgehead atoms. The molecule has 1 amide bonds. The van der Waals surface area contributed by atoms with Crippen LogP contribution in [0.1, 0.15) is 57.1 Å². The van der Waals surface area contributed by atoms with Crippen molar-refractivity contribution in [3.05, 3.63) is 59.7 Å². The van der Waals surface area contributed by atoms with Crippen molar-refractivity contribution in [2.24, 2.45) is 5.41 Å². The number of hydrogen-bond acceptors (Lipinski definition) is 4. The Bertz CT molecular complexity index is 955. The molecular weight excluding hydrogens is 434 g/mol. The summed E-state index contributed by atoms with van der Waals surface area (Å²) < 4.78 is 11.5. The number of carbonyl (C=O) groups is 2. The van der Waals surface area contributed by atoms with E-state index in [1.165, 1.54) is 0 Å². The summed E-state index contributed by atoms with van der Waals surface area (Å²) in [6, 6.07) is 16.2. The second-order valence-electron chi connectivity index (χ2n) is 10.2. The Morgan fingerprint density at radius 3 is 2.00 bits per heavy atom. The molecule has 0 unspecified atom stereocenters. The van der Waals surface area contributed by atoms with E-state index in [9.17, 15) is 14.7 Å². The van der Waals surface area contributed by atoms with Gasteiger partial charge in [0, 0.05) is 12.3 Å². The molecular formula is C26H35NO5Si. The van der Waals surface area contributed by atoms with Crippen molar-refractivity contribution in [2.75, 3.05) is 6.61 Å². The molecule has 1 aliphatic rings. The Labute approximate surface area is 198 Å². The zero-order valence-electron chi connectivity index (χ0n) is 20.2. The number of fused-ring (bicyclic) bond motifs is 3. The normalized spacial score (nSPS) is 15.0. The molecule has 0 aromatic heterocycles. The molecule has 33 heavy (non-hydrogen) atoms. The van der Waals surface area contributed by atoms with Gasteiger partial charge in [-0.15, -0.1) is 0 Å². The van der Waals surface area contributed by atoms with Crippen LogP contribution in [0.15, 0.2) is 48.5 Å². The highest BCUT2D eigenvalue weighted by atomic mass is 28.3. The minimum atomic E-state index is -1.78. The van der Waals surface area contributed by atoms with Gasteiger partial charge < -0.3 is 14.3 Å². The number of hydrogen-bond donors (Lipinski definition) is 2. The van der Waals surface area contributed by atoms with Gasteiger partial charge in [0.25, 0.3) is 0 Å². The smallest absolute Gasteiger partial charge is 0.409 e. The van der Waals surface area contributed by atoms with E-state index >= 15 is 0 Å². The largest absolute Gasteiger partial charge is 0.478 e. The summed E-state index contributed by atoms with van der Waals surface area (Å²) in [5.74, 6) is -1.28. The zero-order valence-corrected chi connectivity index (χ0v) is 21.3. The third kappa shape index (κ3) is 6.03. The standard InChI is InChI=1S/C26H35NO5Si/c1-25(2,3)15-10-16-26(23(28)29,32-33(4)5)27-24(30)31-17-22-20-13-8-6-11-18(20)19-12-7-9-14-21(19)22/h6-9,11-14,22,33H,10,15-17H2,1-5H3,(H,27,30)(H,28,29)/t26-/m0/s1. The van der Waals surface area contributed by atoms with Crippen molar-refractivity contribution < 1.29 is 23.9 Å². The second-order valence-corrected chi connectivity index (χ2v) is 12.5. The van der Waals surface area contributed by atoms with Crippen molar-refractivity contribution in [3.63, 3.8) is 0 Å². The van der Waals surface area contributed by atoms with Crippen molar-refractivity contribution >= 4 is 21.1 Å². The quantitative estimate of drug-likeness (QED) is 0.373. The van der Waals surface area contributed by atoms with Crippen molar-refractivity contribution in [1.82, 2.24) is 5.32 Å². The fourth-order valence-corrected chi connectivity index (χ4v) is 5.51. The molecule has 0 fully saturated rings. The Hall–Kier alpha value is -2.64. The number of nitrogens with one attached hydrogen (secondary N) is 1. The summed E-state index contributed by atoms with van der Waals surface area (Å²) in [6.45, 7) is 10.2.